The molecule has 1 nitrogen and oxygen atoms in total. The fraction of sp³-hybridized carbons (Fsp3) is 0.962. The van der Waals surface area contributed by atoms with E-state index in [4.69, 9.17) is 11.6 Å². The molecular formula is C26H43ClO. The fourth-order valence-electron chi connectivity index (χ4n) is 9.06. The minimum atomic E-state index is 0.0954. The van der Waals surface area contributed by atoms with E-state index in [0.29, 0.717) is 16.6 Å². The van der Waals surface area contributed by atoms with Gasteiger partial charge < -0.3 is 4.79 Å². The summed E-state index contributed by atoms with van der Waals surface area (Å²) in [5.74, 6) is 4.70. The van der Waals surface area contributed by atoms with E-state index >= 15 is 0 Å². The van der Waals surface area contributed by atoms with Gasteiger partial charge in [0.25, 0.3) is 0 Å². The van der Waals surface area contributed by atoms with E-state index in [1.54, 1.807) is 6.92 Å². The van der Waals surface area contributed by atoms with Crippen molar-refractivity contribution in [3.8, 4) is 0 Å². The van der Waals surface area contributed by atoms with Crippen LogP contribution in [0.1, 0.15) is 111 Å². The minimum Gasteiger partial charge on any atom is -0.300 e. The highest BCUT2D eigenvalue weighted by Crippen LogP contribution is 2.70. The first-order valence-corrected chi connectivity index (χ1v) is 12.8. The molecule has 4 rings (SSSR count). The highest BCUT2D eigenvalue weighted by molar-refractivity contribution is 6.24. The Balaban J connectivity index is 1.50. The number of alkyl halides is 1. The van der Waals surface area contributed by atoms with E-state index < -0.39 is 0 Å². The second-order valence-corrected chi connectivity index (χ2v) is 12.5. The molecule has 0 aromatic carbocycles. The molecule has 0 heterocycles. The lowest BCUT2D eigenvalue weighted by Crippen LogP contribution is -2.59. The third kappa shape index (κ3) is 3.21. The number of Topliss-reactive ketones (excluding diaryl/α,β-unsaturated/α-hetero) is 1. The second kappa shape index (κ2) is 7.58. The summed E-state index contributed by atoms with van der Waals surface area (Å²) in [7, 11) is 0. The third-order valence-corrected chi connectivity index (χ3v) is 11.4. The molecule has 0 spiro atoms. The normalized spacial score (nSPS) is 49.0. The van der Waals surface area contributed by atoms with Gasteiger partial charge in [0.15, 0.2) is 0 Å². The van der Waals surface area contributed by atoms with Gasteiger partial charge in [-0.3, -0.25) is 0 Å². The Morgan fingerprint density at radius 2 is 1.75 bits per heavy atom. The van der Waals surface area contributed by atoms with Crippen molar-refractivity contribution in [2.45, 2.75) is 116 Å². The predicted octanol–water partition coefficient (Wildman–Crippen LogP) is 7.79. The van der Waals surface area contributed by atoms with Crippen LogP contribution >= 0.6 is 11.6 Å². The van der Waals surface area contributed by atoms with Crippen LogP contribution in [-0.4, -0.2) is 10.7 Å². The van der Waals surface area contributed by atoms with Crippen LogP contribution in [0.15, 0.2) is 0 Å². The molecule has 4 fully saturated rings. The molecule has 4 aliphatic rings. The van der Waals surface area contributed by atoms with Crippen molar-refractivity contribution in [3.63, 3.8) is 0 Å². The van der Waals surface area contributed by atoms with Gasteiger partial charge in [0.2, 0.25) is 0 Å². The van der Waals surface area contributed by atoms with Gasteiger partial charge in [-0.2, -0.15) is 0 Å². The monoisotopic (exact) mass is 406 g/mol. The Morgan fingerprint density at radius 1 is 1.00 bits per heavy atom. The maximum atomic E-state index is 11.4. The molecule has 0 bridgehead atoms. The van der Waals surface area contributed by atoms with Crippen LogP contribution in [0.2, 0.25) is 0 Å². The van der Waals surface area contributed by atoms with Crippen LogP contribution in [0.4, 0.5) is 0 Å². The van der Waals surface area contributed by atoms with Gasteiger partial charge in [-0.15, -0.1) is 11.6 Å². The largest absolute Gasteiger partial charge is 0.300 e. The van der Waals surface area contributed by atoms with Crippen molar-refractivity contribution in [3.05, 3.63) is 0 Å². The van der Waals surface area contributed by atoms with Crippen LogP contribution in [0.5, 0.6) is 0 Å². The zero-order valence-corrected chi connectivity index (χ0v) is 19.6. The molecule has 4 aliphatic carbocycles. The van der Waals surface area contributed by atoms with Crippen molar-refractivity contribution in [1.29, 1.82) is 0 Å². The smallest absolute Gasteiger partial charge is 0.129 e. The van der Waals surface area contributed by atoms with Gasteiger partial charge >= 0.3 is 0 Å². The summed E-state index contributed by atoms with van der Waals surface area (Å²) in [4.78, 5) is 11.5. The molecule has 2 heteroatoms. The molecule has 1 unspecified atom stereocenters. The molecule has 28 heavy (non-hydrogen) atoms. The summed E-state index contributed by atoms with van der Waals surface area (Å²) in [5, 5.41) is 0. The van der Waals surface area contributed by atoms with Gasteiger partial charge in [0.1, 0.15) is 5.78 Å². The summed E-state index contributed by atoms with van der Waals surface area (Å²) in [6.07, 6.45) is 16.8. The van der Waals surface area contributed by atoms with Crippen LogP contribution in [-0.2, 0) is 4.79 Å². The van der Waals surface area contributed by atoms with Crippen molar-refractivity contribution in [1.82, 2.24) is 0 Å². The first-order valence-electron chi connectivity index (χ1n) is 12.4. The Kier molecular flexibility index (Phi) is 5.74. The van der Waals surface area contributed by atoms with Crippen molar-refractivity contribution in [2.24, 2.45) is 40.4 Å². The molecule has 0 aromatic heterocycles. The van der Waals surface area contributed by atoms with Crippen LogP contribution in [0.25, 0.3) is 0 Å². The average Bonchev–Trinajstić information content (AvgIpc) is 2.99. The van der Waals surface area contributed by atoms with Gasteiger partial charge in [0, 0.05) is 6.42 Å². The minimum absolute atomic E-state index is 0.0954. The molecule has 0 N–H and O–H groups in total. The lowest BCUT2D eigenvalue weighted by atomic mass is 9.44. The first kappa shape index (κ1) is 21.2. The molecule has 0 radical (unpaired) electrons. The summed E-state index contributed by atoms with van der Waals surface area (Å²) in [6, 6.07) is 0. The predicted molar refractivity (Wildman–Crippen MR) is 119 cm³/mol. The van der Waals surface area contributed by atoms with Gasteiger partial charge in [0.05, 0.1) is 4.87 Å². The molecule has 8 atom stereocenters. The van der Waals surface area contributed by atoms with E-state index in [2.05, 4.69) is 20.8 Å². The Morgan fingerprint density at radius 3 is 2.50 bits per heavy atom. The van der Waals surface area contributed by atoms with Gasteiger partial charge in [-0.25, -0.2) is 0 Å². The Bertz CT molecular complexity index is 601. The number of fused-ring (bicyclic) bond motifs is 5. The zero-order valence-electron chi connectivity index (χ0n) is 18.9. The van der Waals surface area contributed by atoms with Crippen LogP contribution < -0.4 is 0 Å². The third-order valence-electron chi connectivity index (χ3n) is 10.6. The van der Waals surface area contributed by atoms with Crippen molar-refractivity contribution < 1.29 is 4.79 Å². The van der Waals surface area contributed by atoms with E-state index in [0.717, 1.165) is 42.4 Å². The van der Waals surface area contributed by atoms with Crippen LogP contribution in [0.3, 0.4) is 0 Å². The molecule has 0 amide bonds. The van der Waals surface area contributed by atoms with E-state index in [9.17, 15) is 4.79 Å². The van der Waals surface area contributed by atoms with Gasteiger partial charge in [-0.05, 0) is 105 Å². The maximum Gasteiger partial charge on any atom is 0.129 e. The molecule has 4 saturated carbocycles. The fourth-order valence-corrected chi connectivity index (χ4v) is 9.54. The molecule has 160 valence electrons. The van der Waals surface area contributed by atoms with E-state index in [-0.39, 0.29) is 4.87 Å². The maximum absolute atomic E-state index is 11.4. The van der Waals surface area contributed by atoms with E-state index in [1.807, 2.05) is 0 Å². The average molecular weight is 407 g/mol. The lowest BCUT2D eigenvalue weighted by molar-refractivity contribution is -0.117. The Hall–Kier alpha value is -0.0400. The Labute approximate surface area is 178 Å². The summed E-state index contributed by atoms with van der Waals surface area (Å²) < 4.78 is 0. The number of halogens is 1. The lowest BCUT2D eigenvalue weighted by Gasteiger charge is -2.63. The number of carbonyl (C=O) groups excluding carboxylic acids is 1. The molecule has 0 aliphatic heterocycles. The van der Waals surface area contributed by atoms with Crippen molar-refractivity contribution >= 4 is 17.4 Å². The quantitative estimate of drug-likeness (QED) is 0.425. The number of hydrogen-bond acceptors (Lipinski definition) is 1. The second-order valence-electron chi connectivity index (χ2n) is 11.8. The number of hydrogen-bond donors (Lipinski definition) is 0. The highest BCUT2D eigenvalue weighted by Gasteiger charge is 2.63. The van der Waals surface area contributed by atoms with Gasteiger partial charge in [-0.1, -0.05) is 40.0 Å². The zero-order chi connectivity index (χ0) is 20.2. The van der Waals surface area contributed by atoms with Crippen LogP contribution in [0, 0.1) is 40.4 Å². The number of rotatable bonds is 5. The topological polar surface area (TPSA) is 17.1 Å². The molecular weight excluding hydrogens is 364 g/mol. The summed E-state index contributed by atoms with van der Waals surface area (Å²) in [5.41, 5.74) is 0.913. The number of carbonyl (C=O) groups is 1. The molecule has 0 saturated heterocycles. The highest BCUT2D eigenvalue weighted by atomic mass is 35.5. The number of ketones is 1. The summed E-state index contributed by atoms with van der Waals surface area (Å²) >= 11 is 7.35. The first-order chi connectivity index (χ1) is 13.2. The SMILES string of the molecule is CC(=O)CCC[C@@H](C)[C@H]1CC[C@H]2[C@@H]3CCC4(Cl)CCCC[C@]4(C)[C@H]3CC[C@]12C. The molecule has 0 aromatic rings. The van der Waals surface area contributed by atoms with Crippen molar-refractivity contribution in [2.75, 3.05) is 0 Å². The van der Waals surface area contributed by atoms with E-state index in [1.165, 1.54) is 70.6 Å². The standard InChI is InChI=1S/C26H43ClO/c1-18(8-7-9-19(2)28)21-10-11-22-20-12-17-26(27)15-6-5-14-25(26,4)23(20)13-16-24(21,22)3/h18,20-23H,5-17H2,1-4H3/t18-,20+,21-,22+,23+,24-,25-,26?/m1/s1. The summed E-state index contributed by atoms with van der Waals surface area (Å²) in [6.45, 7) is 9.45.